The lowest BCUT2D eigenvalue weighted by Crippen LogP contribution is -2.04. The van der Waals surface area contributed by atoms with Crippen LogP contribution in [-0.4, -0.2) is 23.3 Å². The van der Waals surface area contributed by atoms with Gasteiger partial charge in [0.2, 0.25) is 0 Å². The van der Waals surface area contributed by atoms with Crippen LogP contribution >= 0.6 is 0 Å². The van der Waals surface area contributed by atoms with Crippen LogP contribution in [0.5, 0.6) is 0 Å². The SMILES string of the molecule is [C-]#[N+]/C(C(=O)OC)=C(/C)c1ccc(CO)c(CO)c1. The van der Waals surface area contributed by atoms with Crippen LogP contribution in [0.1, 0.15) is 23.6 Å². The number of hydrogen-bond donors (Lipinski definition) is 2. The van der Waals surface area contributed by atoms with Gasteiger partial charge in [0.25, 0.3) is 5.70 Å². The maximum absolute atomic E-state index is 11.5. The van der Waals surface area contributed by atoms with E-state index in [-0.39, 0.29) is 18.9 Å². The van der Waals surface area contributed by atoms with Gasteiger partial charge in [0.15, 0.2) is 0 Å². The van der Waals surface area contributed by atoms with E-state index in [4.69, 9.17) is 11.7 Å². The number of carbonyl (C=O) groups excluding carboxylic acids is 1. The highest BCUT2D eigenvalue weighted by molar-refractivity contribution is 5.99. The first-order chi connectivity index (χ1) is 9.08. The number of esters is 1. The predicted molar refractivity (Wildman–Crippen MR) is 69.5 cm³/mol. The Morgan fingerprint density at radius 3 is 2.42 bits per heavy atom. The van der Waals surface area contributed by atoms with Crippen LogP contribution in [0.2, 0.25) is 0 Å². The maximum atomic E-state index is 11.5. The highest BCUT2D eigenvalue weighted by atomic mass is 16.5. The van der Waals surface area contributed by atoms with Gasteiger partial charge in [-0.2, -0.15) is 0 Å². The van der Waals surface area contributed by atoms with Gasteiger partial charge in [0.1, 0.15) is 0 Å². The Morgan fingerprint density at radius 2 is 1.95 bits per heavy atom. The molecule has 0 fully saturated rings. The highest BCUT2D eigenvalue weighted by Crippen LogP contribution is 2.23. The molecule has 0 saturated heterocycles. The van der Waals surface area contributed by atoms with Gasteiger partial charge in [-0.15, -0.1) is 0 Å². The molecule has 1 rings (SSSR count). The van der Waals surface area contributed by atoms with Gasteiger partial charge < -0.3 is 14.9 Å². The van der Waals surface area contributed by atoms with E-state index in [9.17, 15) is 9.90 Å². The summed E-state index contributed by atoms with van der Waals surface area (Å²) in [6.07, 6.45) is 0. The molecule has 5 heteroatoms. The molecule has 2 N–H and O–H groups in total. The van der Waals surface area contributed by atoms with E-state index in [1.165, 1.54) is 7.11 Å². The summed E-state index contributed by atoms with van der Waals surface area (Å²) in [6.45, 7) is 8.27. The van der Waals surface area contributed by atoms with Crippen molar-refractivity contribution in [2.45, 2.75) is 20.1 Å². The number of ether oxygens (including phenoxy) is 1. The van der Waals surface area contributed by atoms with E-state index in [1.54, 1.807) is 25.1 Å². The number of carbonyl (C=O) groups is 1. The van der Waals surface area contributed by atoms with Gasteiger partial charge >= 0.3 is 5.97 Å². The average Bonchev–Trinajstić information content (AvgIpc) is 2.46. The van der Waals surface area contributed by atoms with Crippen molar-refractivity contribution in [3.8, 4) is 0 Å². The number of hydrogen-bond acceptors (Lipinski definition) is 4. The number of nitrogens with zero attached hydrogens (tertiary/aromatic N) is 1. The van der Waals surface area contributed by atoms with Gasteiger partial charge in [-0.1, -0.05) is 18.2 Å². The van der Waals surface area contributed by atoms with Crippen molar-refractivity contribution in [3.05, 3.63) is 52.0 Å². The summed E-state index contributed by atoms with van der Waals surface area (Å²) in [4.78, 5) is 14.6. The molecular formula is C14H15NO4. The topological polar surface area (TPSA) is 71.1 Å². The minimum absolute atomic E-state index is 0.0943. The van der Waals surface area contributed by atoms with Gasteiger partial charge in [-0.05, 0) is 29.2 Å². The molecule has 0 spiro atoms. The second-order valence-corrected chi connectivity index (χ2v) is 3.88. The first-order valence-electron chi connectivity index (χ1n) is 5.59. The van der Waals surface area contributed by atoms with Gasteiger partial charge in [0.05, 0.1) is 26.9 Å². The molecule has 5 nitrogen and oxygen atoms in total. The van der Waals surface area contributed by atoms with Crippen molar-refractivity contribution in [2.75, 3.05) is 7.11 Å². The normalized spacial score (nSPS) is 11.5. The summed E-state index contributed by atoms with van der Waals surface area (Å²) in [6, 6.07) is 4.99. The molecule has 0 unspecified atom stereocenters. The van der Waals surface area contributed by atoms with Crippen molar-refractivity contribution in [1.82, 2.24) is 0 Å². The molecule has 0 aliphatic rings. The average molecular weight is 261 g/mol. The third-order valence-corrected chi connectivity index (χ3v) is 2.83. The molecule has 1 aromatic rings. The van der Waals surface area contributed by atoms with E-state index in [2.05, 4.69) is 9.58 Å². The van der Waals surface area contributed by atoms with Gasteiger partial charge in [0, 0.05) is 0 Å². The predicted octanol–water partition coefficient (Wildman–Crippen LogP) is 1.49. The number of aliphatic hydroxyl groups is 2. The Hall–Kier alpha value is -2.16. The van der Waals surface area contributed by atoms with Crippen LogP contribution in [0.15, 0.2) is 23.9 Å². The number of rotatable bonds is 4. The minimum atomic E-state index is -0.690. The Kier molecular flexibility index (Phi) is 5.24. The molecule has 0 aliphatic carbocycles. The first kappa shape index (κ1) is 14.9. The fraction of sp³-hybridized carbons (Fsp3) is 0.286. The fourth-order valence-corrected chi connectivity index (χ4v) is 1.68. The smallest absolute Gasteiger partial charge is 0.336 e. The first-order valence-corrected chi connectivity index (χ1v) is 5.59. The minimum Gasteiger partial charge on any atom is -0.474 e. The molecule has 0 atom stereocenters. The molecule has 0 aromatic heterocycles. The lowest BCUT2D eigenvalue weighted by atomic mass is 9.99. The second kappa shape index (κ2) is 6.69. The van der Waals surface area contributed by atoms with Crippen molar-refractivity contribution >= 4 is 11.5 Å². The zero-order valence-corrected chi connectivity index (χ0v) is 10.8. The summed E-state index contributed by atoms with van der Waals surface area (Å²) >= 11 is 0. The monoisotopic (exact) mass is 261 g/mol. The zero-order chi connectivity index (χ0) is 14.4. The molecule has 0 heterocycles. The zero-order valence-electron chi connectivity index (χ0n) is 10.8. The van der Waals surface area contributed by atoms with E-state index in [0.717, 1.165) is 0 Å². The van der Waals surface area contributed by atoms with Crippen molar-refractivity contribution in [3.63, 3.8) is 0 Å². The molecule has 0 bridgehead atoms. The van der Waals surface area contributed by atoms with Crippen LogP contribution in [0.3, 0.4) is 0 Å². The van der Waals surface area contributed by atoms with E-state index < -0.39 is 5.97 Å². The Labute approximate surface area is 111 Å². The van der Waals surface area contributed by atoms with Crippen LogP contribution in [0, 0.1) is 6.57 Å². The molecule has 1 aromatic carbocycles. The molecule has 0 radical (unpaired) electrons. The van der Waals surface area contributed by atoms with Crippen molar-refractivity contribution in [2.24, 2.45) is 0 Å². The standard InChI is InChI=1S/C14H15NO4/c1-9(13(15-2)14(18)19-3)10-4-5-11(7-16)12(6-10)8-17/h4-6,16-17H,7-8H2,1,3H3/b13-9-. The van der Waals surface area contributed by atoms with Crippen LogP contribution in [-0.2, 0) is 22.7 Å². The number of methoxy groups -OCH3 is 1. The third kappa shape index (κ3) is 3.19. The van der Waals surface area contributed by atoms with E-state index in [0.29, 0.717) is 22.3 Å². The third-order valence-electron chi connectivity index (χ3n) is 2.83. The van der Waals surface area contributed by atoms with Crippen molar-refractivity contribution in [1.29, 1.82) is 0 Å². The van der Waals surface area contributed by atoms with Crippen LogP contribution in [0.25, 0.3) is 10.4 Å². The maximum Gasteiger partial charge on any atom is 0.336 e. The van der Waals surface area contributed by atoms with Gasteiger partial charge in [-0.25, -0.2) is 4.85 Å². The summed E-state index contributed by atoms with van der Waals surface area (Å²) in [7, 11) is 1.22. The fourth-order valence-electron chi connectivity index (χ4n) is 1.68. The van der Waals surface area contributed by atoms with Gasteiger partial charge in [-0.3, -0.25) is 4.79 Å². The Balaban J connectivity index is 3.34. The summed E-state index contributed by atoms with van der Waals surface area (Å²) in [5.74, 6) is -0.690. The summed E-state index contributed by atoms with van der Waals surface area (Å²) in [5.41, 5.74) is 2.19. The molecule has 0 saturated carbocycles. The molecule has 0 aliphatic heterocycles. The molecule has 0 amide bonds. The highest BCUT2D eigenvalue weighted by Gasteiger charge is 2.15. The van der Waals surface area contributed by atoms with Crippen LogP contribution < -0.4 is 0 Å². The number of aliphatic hydroxyl groups excluding tert-OH is 2. The van der Waals surface area contributed by atoms with E-state index >= 15 is 0 Å². The number of allylic oxidation sites excluding steroid dienone is 1. The van der Waals surface area contributed by atoms with E-state index in [1.807, 2.05) is 0 Å². The Bertz CT molecular complexity index is 555. The largest absolute Gasteiger partial charge is 0.474 e. The van der Waals surface area contributed by atoms with Crippen molar-refractivity contribution < 1.29 is 19.7 Å². The summed E-state index contributed by atoms with van der Waals surface area (Å²) < 4.78 is 4.55. The molecular weight excluding hydrogens is 246 g/mol. The quantitative estimate of drug-likeness (QED) is 0.489. The van der Waals surface area contributed by atoms with Crippen LogP contribution in [0.4, 0.5) is 0 Å². The number of benzene rings is 1. The lowest BCUT2D eigenvalue weighted by molar-refractivity contribution is -0.135. The second-order valence-electron chi connectivity index (χ2n) is 3.88. The lowest BCUT2D eigenvalue weighted by Gasteiger charge is -2.10. The molecule has 19 heavy (non-hydrogen) atoms. The summed E-state index contributed by atoms with van der Waals surface area (Å²) in [5, 5.41) is 18.3. The molecule has 100 valence electrons. The Morgan fingerprint density at radius 1 is 1.32 bits per heavy atom.